The molecule has 0 fully saturated rings. The van der Waals surface area contributed by atoms with Gasteiger partial charge in [0, 0.05) is 11.9 Å². The maximum Gasteiger partial charge on any atom is 0.311 e. The van der Waals surface area contributed by atoms with Gasteiger partial charge in [0.15, 0.2) is 5.75 Å². The summed E-state index contributed by atoms with van der Waals surface area (Å²) in [5.41, 5.74) is 0.814. The SMILES string of the molecule is Cc1cccc([N+](=O)[O-])c1OCCC(C)CCCl. The van der Waals surface area contributed by atoms with E-state index in [4.69, 9.17) is 16.3 Å². The fraction of sp³-hybridized carbons (Fsp3) is 0.538. The summed E-state index contributed by atoms with van der Waals surface area (Å²) in [6, 6.07) is 4.94. The molecule has 5 heteroatoms. The smallest absolute Gasteiger partial charge is 0.311 e. The number of nitro groups is 1. The van der Waals surface area contributed by atoms with Crippen LogP contribution in [-0.2, 0) is 0 Å². The number of rotatable bonds is 7. The van der Waals surface area contributed by atoms with Crippen LogP contribution in [0.25, 0.3) is 0 Å². The highest BCUT2D eigenvalue weighted by atomic mass is 35.5. The van der Waals surface area contributed by atoms with Crippen LogP contribution in [0.1, 0.15) is 25.3 Å². The van der Waals surface area contributed by atoms with Gasteiger partial charge in [-0.25, -0.2) is 0 Å². The van der Waals surface area contributed by atoms with E-state index in [2.05, 4.69) is 6.92 Å². The van der Waals surface area contributed by atoms with E-state index in [9.17, 15) is 10.1 Å². The summed E-state index contributed by atoms with van der Waals surface area (Å²) in [5, 5.41) is 10.9. The summed E-state index contributed by atoms with van der Waals surface area (Å²) in [4.78, 5) is 10.5. The van der Waals surface area contributed by atoms with E-state index >= 15 is 0 Å². The zero-order valence-electron chi connectivity index (χ0n) is 10.7. The molecule has 0 aromatic heterocycles. The van der Waals surface area contributed by atoms with E-state index in [1.807, 2.05) is 13.0 Å². The lowest BCUT2D eigenvalue weighted by molar-refractivity contribution is -0.385. The summed E-state index contributed by atoms with van der Waals surface area (Å²) in [5.74, 6) is 1.47. The standard InChI is InChI=1S/C13H18ClNO3/c1-10(6-8-14)7-9-18-13-11(2)4-3-5-12(13)15(16)17/h3-5,10H,6-9H2,1-2H3. The molecule has 0 spiro atoms. The molecule has 0 aliphatic heterocycles. The van der Waals surface area contributed by atoms with Crippen LogP contribution in [0.2, 0.25) is 0 Å². The molecule has 4 nitrogen and oxygen atoms in total. The number of hydrogen-bond donors (Lipinski definition) is 0. The molecular formula is C13H18ClNO3. The monoisotopic (exact) mass is 271 g/mol. The Morgan fingerprint density at radius 2 is 2.17 bits per heavy atom. The van der Waals surface area contributed by atoms with Gasteiger partial charge in [-0.15, -0.1) is 11.6 Å². The molecule has 18 heavy (non-hydrogen) atoms. The van der Waals surface area contributed by atoms with Crippen LogP contribution in [0.5, 0.6) is 5.75 Å². The minimum Gasteiger partial charge on any atom is -0.487 e. The van der Waals surface area contributed by atoms with E-state index in [1.165, 1.54) is 6.07 Å². The molecule has 100 valence electrons. The maximum absolute atomic E-state index is 10.9. The van der Waals surface area contributed by atoms with Gasteiger partial charge in [0.05, 0.1) is 11.5 Å². The molecule has 1 atom stereocenters. The van der Waals surface area contributed by atoms with Crippen molar-refractivity contribution in [1.29, 1.82) is 0 Å². The lowest BCUT2D eigenvalue weighted by Crippen LogP contribution is -2.07. The zero-order valence-corrected chi connectivity index (χ0v) is 11.4. The van der Waals surface area contributed by atoms with Crippen molar-refractivity contribution in [3.8, 4) is 5.75 Å². The minimum absolute atomic E-state index is 0.0278. The van der Waals surface area contributed by atoms with Crippen molar-refractivity contribution in [2.24, 2.45) is 5.92 Å². The Labute approximate surface area is 112 Å². The van der Waals surface area contributed by atoms with Crippen LogP contribution in [-0.4, -0.2) is 17.4 Å². The summed E-state index contributed by atoms with van der Waals surface area (Å²) in [6.45, 7) is 4.38. The van der Waals surface area contributed by atoms with Gasteiger partial charge in [-0.2, -0.15) is 0 Å². The highest BCUT2D eigenvalue weighted by Crippen LogP contribution is 2.30. The van der Waals surface area contributed by atoms with Gasteiger partial charge in [-0.3, -0.25) is 10.1 Å². The fourth-order valence-corrected chi connectivity index (χ4v) is 2.03. The van der Waals surface area contributed by atoms with Gasteiger partial charge in [-0.05, 0) is 31.2 Å². The predicted molar refractivity (Wildman–Crippen MR) is 72.4 cm³/mol. The third-order valence-electron chi connectivity index (χ3n) is 2.85. The quantitative estimate of drug-likeness (QED) is 0.429. The van der Waals surface area contributed by atoms with Crippen LogP contribution < -0.4 is 4.74 Å². The molecule has 0 saturated carbocycles. The molecule has 0 aliphatic rings. The molecule has 0 saturated heterocycles. The molecule has 1 aromatic carbocycles. The van der Waals surface area contributed by atoms with Gasteiger partial charge in [0.25, 0.3) is 0 Å². The molecule has 0 bridgehead atoms. The average Bonchev–Trinajstić information content (AvgIpc) is 2.31. The van der Waals surface area contributed by atoms with Crippen molar-refractivity contribution in [2.75, 3.05) is 12.5 Å². The molecule has 0 N–H and O–H groups in total. The maximum atomic E-state index is 10.9. The molecule has 0 aliphatic carbocycles. The van der Waals surface area contributed by atoms with Gasteiger partial charge in [0.2, 0.25) is 0 Å². The Hall–Kier alpha value is -1.29. The van der Waals surface area contributed by atoms with E-state index in [0.717, 1.165) is 18.4 Å². The second-order valence-corrected chi connectivity index (χ2v) is 4.78. The summed E-state index contributed by atoms with van der Waals surface area (Å²) in [7, 11) is 0. The van der Waals surface area contributed by atoms with E-state index in [-0.39, 0.29) is 5.69 Å². The van der Waals surface area contributed by atoms with Crippen molar-refractivity contribution in [3.63, 3.8) is 0 Å². The lowest BCUT2D eigenvalue weighted by atomic mass is 10.1. The Morgan fingerprint density at radius 1 is 1.44 bits per heavy atom. The normalized spacial score (nSPS) is 12.2. The largest absolute Gasteiger partial charge is 0.487 e. The number of benzene rings is 1. The molecule has 1 unspecified atom stereocenters. The van der Waals surface area contributed by atoms with Crippen LogP contribution in [0, 0.1) is 23.0 Å². The average molecular weight is 272 g/mol. The fourth-order valence-electron chi connectivity index (χ4n) is 1.66. The summed E-state index contributed by atoms with van der Waals surface area (Å²) >= 11 is 5.65. The molecule has 1 rings (SSSR count). The third kappa shape index (κ3) is 4.18. The second kappa shape index (κ2) is 7.21. The van der Waals surface area contributed by atoms with Crippen LogP contribution >= 0.6 is 11.6 Å². The first-order chi connectivity index (χ1) is 8.56. The number of halogens is 1. The number of ether oxygens (including phenoxy) is 1. The summed E-state index contributed by atoms with van der Waals surface area (Å²) in [6.07, 6.45) is 1.78. The first-order valence-corrected chi connectivity index (χ1v) is 6.52. The van der Waals surface area contributed by atoms with Gasteiger partial charge < -0.3 is 4.74 Å². The highest BCUT2D eigenvalue weighted by Gasteiger charge is 2.16. The number of hydrogen-bond acceptors (Lipinski definition) is 3. The minimum atomic E-state index is -0.412. The number of nitrogens with zero attached hydrogens (tertiary/aromatic N) is 1. The first-order valence-electron chi connectivity index (χ1n) is 5.99. The number of para-hydroxylation sites is 1. The van der Waals surface area contributed by atoms with Crippen LogP contribution in [0.4, 0.5) is 5.69 Å². The lowest BCUT2D eigenvalue weighted by Gasteiger charge is -2.12. The molecule has 1 aromatic rings. The van der Waals surface area contributed by atoms with Crippen molar-refractivity contribution in [1.82, 2.24) is 0 Å². The zero-order chi connectivity index (χ0) is 13.5. The first kappa shape index (κ1) is 14.8. The number of aryl methyl sites for hydroxylation is 1. The third-order valence-corrected chi connectivity index (χ3v) is 3.06. The van der Waals surface area contributed by atoms with Gasteiger partial charge >= 0.3 is 5.69 Å². The van der Waals surface area contributed by atoms with Crippen molar-refractivity contribution in [3.05, 3.63) is 33.9 Å². The molecule has 0 amide bonds. The number of alkyl halides is 1. The second-order valence-electron chi connectivity index (χ2n) is 4.40. The molecule has 0 radical (unpaired) electrons. The van der Waals surface area contributed by atoms with Gasteiger partial charge in [0.1, 0.15) is 0 Å². The molecule has 0 heterocycles. The Morgan fingerprint density at radius 3 is 2.78 bits per heavy atom. The van der Waals surface area contributed by atoms with Crippen LogP contribution in [0.3, 0.4) is 0 Å². The van der Waals surface area contributed by atoms with Crippen molar-refractivity contribution < 1.29 is 9.66 Å². The predicted octanol–water partition coefficient (Wildman–Crippen LogP) is 3.94. The van der Waals surface area contributed by atoms with Crippen molar-refractivity contribution in [2.45, 2.75) is 26.7 Å². The molecular weight excluding hydrogens is 254 g/mol. The van der Waals surface area contributed by atoms with Crippen LogP contribution in [0.15, 0.2) is 18.2 Å². The number of nitro benzene ring substituents is 1. The van der Waals surface area contributed by atoms with E-state index in [1.54, 1.807) is 6.07 Å². The Kier molecular flexibility index (Phi) is 5.92. The van der Waals surface area contributed by atoms with Gasteiger partial charge in [-0.1, -0.05) is 19.1 Å². The Balaban J connectivity index is 2.64. The topological polar surface area (TPSA) is 52.4 Å². The highest BCUT2D eigenvalue weighted by molar-refractivity contribution is 6.17. The van der Waals surface area contributed by atoms with E-state index in [0.29, 0.717) is 24.2 Å². The van der Waals surface area contributed by atoms with Crippen molar-refractivity contribution >= 4 is 17.3 Å². The summed E-state index contributed by atoms with van der Waals surface area (Å²) < 4.78 is 5.56. The Bertz CT molecular complexity index is 409. The van der Waals surface area contributed by atoms with E-state index < -0.39 is 4.92 Å².